The number of nitrogens with one attached hydrogen (secondary N) is 1. The van der Waals surface area contributed by atoms with Crippen molar-refractivity contribution in [3.8, 4) is 17.2 Å². The minimum Gasteiger partial charge on any atom is -0.457 e. The van der Waals surface area contributed by atoms with Gasteiger partial charge in [0.25, 0.3) is 5.91 Å². The third-order valence-electron chi connectivity index (χ3n) is 6.79. The van der Waals surface area contributed by atoms with Gasteiger partial charge in [-0.05, 0) is 104 Å². The number of benzene rings is 3. The number of amides is 2. The second-order valence-electron chi connectivity index (χ2n) is 10.1. The summed E-state index contributed by atoms with van der Waals surface area (Å²) in [5.74, 6) is 0.303. The van der Waals surface area contributed by atoms with Crippen molar-refractivity contribution in [3.63, 3.8) is 0 Å². The number of hydrogen-bond acceptors (Lipinski definition) is 5. The second kappa shape index (κ2) is 11.6. The molecule has 1 saturated heterocycles. The van der Waals surface area contributed by atoms with Crippen molar-refractivity contribution in [1.82, 2.24) is 9.47 Å². The number of ether oxygens (including phenoxy) is 1. The van der Waals surface area contributed by atoms with Gasteiger partial charge in [0.15, 0.2) is 0 Å². The molecule has 3 aromatic carbocycles. The van der Waals surface area contributed by atoms with Gasteiger partial charge in [0.2, 0.25) is 5.91 Å². The normalized spacial score (nSPS) is 15.6. The Balaban J connectivity index is 1.35. The highest BCUT2D eigenvalue weighted by Crippen LogP contribution is 2.25. The van der Waals surface area contributed by atoms with Gasteiger partial charge >= 0.3 is 0 Å². The average molecular weight is 524 g/mol. The van der Waals surface area contributed by atoms with Crippen LogP contribution in [0, 0.1) is 6.92 Å². The number of aryl methyl sites for hydroxylation is 1. The predicted molar refractivity (Wildman–Crippen MR) is 152 cm³/mol. The van der Waals surface area contributed by atoms with E-state index >= 15 is 0 Å². The molecule has 0 aliphatic carbocycles. The summed E-state index contributed by atoms with van der Waals surface area (Å²) >= 11 is 0. The van der Waals surface area contributed by atoms with E-state index in [1.807, 2.05) is 18.3 Å². The molecule has 4 aromatic rings. The van der Waals surface area contributed by atoms with Crippen LogP contribution in [0.2, 0.25) is 0 Å². The Morgan fingerprint density at radius 1 is 1.00 bits per heavy atom. The summed E-state index contributed by atoms with van der Waals surface area (Å²) in [6.45, 7) is 4.70. The van der Waals surface area contributed by atoms with Gasteiger partial charge in [0.1, 0.15) is 11.5 Å². The Morgan fingerprint density at radius 2 is 1.82 bits per heavy atom. The fourth-order valence-corrected chi connectivity index (χ4v) is 4.87. The van der Waals surface area contributed by atoms with Gasteiger partial charge in [-0.1, -0.05) is 6.07 Å². The highest BCUT2D eigenvalue weighted by molar-refractivity contribution is 6.04. The van der Waals surface area contributed by atoms with E-state index in [0.717, 1.165) is 49.3 Å². The van der Waals surface area contributed by atoms with Gasteiger partial charge in [0.05, 0.1) is 0 Å². The summed E-state index contributed by atoms with van der Waals surface area (Å²) in [4.78, 5) is 27.0. The first kappa shape index (κ1) is 26.2. The highest BCUT2D eigenvalue weighted by Gasteiger charge is 2.18. The molecule has 1 aliphatic rings. The van der Waals surface area contributed by atoms with Crippen LogP contribution in [0.1, 0.15) is 44.7 Å². The molecule has 1 aromatic heterocycles. The Kier molecular flexibility index (Phi) is 7.76. The molecule has 1 fully saturated rings. The summed E-state index contributed by atoms with van der Waals surface area (Å²) in [6.07, 6.45) is 6.24. The van der Waals surface area contributed by atoms with Crippen LogP contribution in [-0.4, -0.2) is 40.4 Å². The molecule has 8 nitrogen and oxygen atoms in total. The van der Waals surface area contributed by atoms with Crippen molar-refractivity contribution in [2.24, 2.45) is 11.5 Å². The first-order valence-corrected chi connectivity index (χ1v) is 13.1. The first-order chi connectivity index (χ1) is 18.8. The van der Waals surface area contributed by atoms with Crippen molar-refractivity contribution in [2.75, 3.05) is 18.4 Å². The van der Waals surface area contributed by atoms with Crippen molar-refractivity contribution in [1.29, 1.82) is 0 Å². The minimum absolute atomic E-state index is 0.198. The van der Waals surface area contributed by atoms with Crippen LogP contribution in [0.3, 0.4) is 0 Å². The van der Waals surface area contributed by atoms with E-state index in [9.17, 15) is 9.59 Å². The number of anilines is 1. The van der Waals surface area contributed by atoms with Crippen molar-refractivity contribution < 1.29 is 14.3 Å². The summed E-state index contributed by atoms with van der Waals surface area (Å²) < 4.78 is 7.96. The molecule has 0 spiro atoms. The molecule has 5 rings (SSSR count). The Morgan fingerprint density at radius 3 is 2.54 bits per heavy atom. The van der Waals surface area contributed by atoms with Gasteiger partial charge in [-0.2, -0.15) is 0 Å². The van der Waals surface area contributed by atoms with E-state index in [2.05, 4.69) is 40.0 Å². The van der Waals surface area contributed by atoms with Crippen molar-refractivity contribution >= 4 is 17.5 Å². The third-order valence-corrected chi connectivity index (χ3v) is 6.79. The lowest BCUT2D eigenvalue weighted by atomic mass is 10.1. The SMILES string of the molecule is Cc1ccn(-c2cc(CN3CCC[C@H](N)C3)cc(NC(=O)c3cccc(Oc4ccc(C(N)=O)cc4)c3)c2)c1. The van der Waals surface area contributed by atoms with Crippen LogP contribution >= 0.6 is 0 Å². The maximum Gasteiger partial charge on any atom is 0.255 e. The molecule has 1 atom stereocenters. The van der Waals surface area contributed by atoms with Gasteiger partial charge < -0.3 is 26.1 Å². The number of hydrogen-bond donors (Lipinski definition) is 3. The van der Waals surface area contributed by atoms with Crippen molar-refractivity contribution in [2.45, 2.75) is 32.4 Å². The molecule has 1 aliphatic heterocycles. The fraction of sp³-hybridized carbons (Fsp3) is 0.226. The van der Waals surface area contributed by atoms with E-state index in [1.165, 1.54) is 0 Å². The molecule has 0 radical (unpaired) electrons. The van der Waals surface area contributed by atoms with Gasteiger partial charge in [-0.15, -0.1) is 0 Å². The van der Waals surface area contributed by atoms with Crippen LogP contribution in [0.15, 0.2) is 85.2 Å². The van der Waals surface area contributed by atoms with Crippen molar-refractivity contribution in [3.05, 3.63) is 107 Å². The number of piperidine rings is 1. The number of carbonyl (C=O) groups excluding carboxylic acids is 2. The van der Waals surface area contributed by atoms with Crippen LogP contribution in [-0.2, 0) is 6.54 Å². The number of carbonyl (C=O) groups is 2. The smallest absolute Gasteiger partial charge is 0.255 e. The Bertz CT molecular complexity index is 1480. The molecule has 0 saturated carbocycles. The number of rotatable bonds is 8. The van der Waals surface area contributed by atoms with E-state index < -0.39 is 5.91 Å². The lowest BCUT2D eigenvalue weighted by molar-refractivity contribution is 0.0997. The molecular weight excluding hydrogens is 490 g/mol. The van der Waals surface area contributed by atoms with Crippen LogP contribution in [0.5, 0.6) is 11.5 Å². The zero-order valence-corrected chi connectivity index (χ0v) is 22.0. The van der Waals surface area contributed by atoms with E-state index in [0.29, 0.717) is 28.3 Å². The summed E-state index contributed by atoms with van der Waals surface area (Å²) in [7, 11) is 0. The number of nitrogens with two attached hydrogens (primary N) is 2. The molecule has 39 heavy (non-hydrogen) atoms. The maximum atomic E-state index is 13.3. The van der Waals surface area contributed by atoms with Crippen LogP contribution in [0.25, 0.3) is 5.69 Å². The largest absolute Gasteiger partial charge is 0.457 e. The van der Waals surface area contributed by atoms with E-state index in [4.69, 9.17) is 16.2 Å². The average Bonchev–Trinajstić information content (AvgIpc) is 3.35. The molecule has 0 bridgehead atoms. The topological polar surface area (TPSA) is 116 Å². The summed E-state index contributed by atoms with van der Waals surface area (Å²) in [6, 6.07) is 21.9. The Labute approximate surface area is 228 Å². The van der Waals surface area contributed by atoms with Crippen LogP contribution in [0.4, 0.5) is 5.69 Å². The van der Waals surface area contributed by atoms with E-state index in [-0.39, 0.29) is 11.9 Å². The highest BCUT2D eigenvalue weighted by atomic mass is 16.5. The van der Waals surface area contributed by atoms with E-state index in [1.54, 1.807) is 48.5 Å². The molecular formula is C31H33N5O3. The number of nitrogens with zero attached hydrogens (tertiary/aromatic N) is 2. The van der Waals surface area contributed by atoms with Gasteiger partial charge in [-0.3, -0.25) is 14.5 Å². The molecule has 5 N–H and O–H groups in total. The standard InChI is InChI=1S/C31H33N5O3/c1-21-11-13-36(18-21)27-15-22(19-35-12-3-5-25(32)20-35)14-26(17-27)34-31(38)24-4-2-6-29(16-24)39-28-9-7-23(8-10-28)30(33)37/h2,4,6-11,13-18,25H,3,5,12,19-20,32H2,1H3,(H2,33,37)(H,34,38)/t25-/m0/s1. The second-order valence-corrected chi connectivity index (χ2v) is 10.1. The third kappa shape index (κ3) is 6.73. The lowest BCUT2D eigenvalue weighted by Crippen LogP contribution is -2.42. The maximum absolute atomic E-state index is 13.3. The molecule has 200 valence electrons. The number of aromatic nitrogens is 1. The minimum atomic E-state index is -0.501. The number of primary amides is 1. The summed E-state index contributed by atoms with van der Waals surface area (Å²) in [5.41, 5.74) is 16.3. The molecule has 8 heteroatoms. The molecule has 0 unspecified atom stereocenters. The summed E-state index contributed by atoms with van der Waals surface area (Å²) in [5, 5.41) is 3.07. The Hall–Kier alpha value is -4.40. The zero-order chi connectivity index (χ0) is 27.4. The monoisotopic (exact) mass is 523 g/mol. The lowest BCUT2D eigenvalue weighted by Gasteiger charge is -2.30. The predicted octanol–water partition coefficient (Wildman–Crippen LogP) is 4.85. The zero-order valence-electron chi connectivity index (χ0n) is 22.0. The van der Waals surface area contributed by atoms with Crippen LogP contribution < -0.4 is 21.5 Å². The molecule has 2 amide bonds. The van der Waals surface area contributed by atoms with Gasteiger partial charge in [-0.25, -0.2) is 0 Å². The molecule has 2 heterocycles. The first-order valence-electron chi connectivity index (χ1n) is 13.1. The quantitative estimate of drug-likeness (QED) is 0.305. The number of likely N-dealkylation sites (tertiary alicyclic amines) is 1. The van der Waals surface area contributed by atoms with Gasteiger partial charge in [0, 0.05) is 54.0 Å². The fourth-order valence-electron chi connectivity index (χ4n) is 4.87.